The molecule has 112 valence electrons. The van der Waals surface area contributed by atoms with Gasteiger partial charge in [-0.25, -0.2) is 0 Å². The number of H-pyrrole nitrogens is 1. The summed E-state index contributed by atoms with van der Waals surface area (Å²) in [5.41, 5.74) is 1.45. The normalized spacial score (nSPS) is 28.0. The topological polar surface area (TPSA) is 61.0 Å². The second-order valence-electron chi connectivity index (χ2n) is 5.64. The molecule has 2 saturated heterocycles. The molecular weight excluding hydrogens is 356 g/mol. The number of ketones is 1. The number of nitrogens with zero attached hydrogens (tertiary/aromatic N) is 2. The smallest absolute Gasteiger partial charge is 0.202 e. The Labute approximate surface area is 137 Å². The third-order valence-electron chi connectivity index (χ3n) is 4.56. The standard InChI is InChI=1S/C14H15BrN4O.ClH/c1-19-8-5-11(16-6-8)13(19)14(20)12-9-4-7(15)2-3-10(9)17-18-12;/h2-4,8,11,13,16H,5-6H2,1H3,(H,17,18);1H/t8-,11+,13?;/m0./s1. The van der Waals surface area contributed by atoms with Crippen LogP contribution in [0.15, 0.2) is 22.7 Å². The Bertz CT molecular complexity index is 701. The third kappa shape index (κ3) is 2.21. The van der Waals surface area contributed by atoms with Gasteiger partial charge in [0.05, 0.1) is 11.6 Å². The van der Waals surface area contributed by atoms with Gasteiger partial charge < -0.3 is 5.32 Å². The van der Waals surface area contributed by atoms with Gasteiger partial charge in [-0.05, 0) is 31.7 Å². The monoisotopic (exact) mass is 370 g/mol. The maximum absolute atomic E-state index is 12.9. The van der Waals surface area contributed by atoms with Crippen LogP contribution in [0.2, 0.25) is 0 Å². The van der Waals surface area contributed by atoms with Crippen molar-refractivity contribution in [2.24, 2.45) is 0 Å². The van der Waals surface area contributed by atoms with E-state index in [0.29, 0.717) is 11.7 Å². The Morgan fingerprint density at radius 3 is 3.00 bits per heavy atom. The highest BCUT2D eigenvalue weighted by Crippen LogP contribution is 2.31. The highest BCUT2D eigenvalue weighted by Gasteiger charge is 2.48. The number of fused-ring (bicyclic) bond motifs is 3. The number of likely N-dealkylation sites (N-methyl/N-ethyl adjacent to an activating group) is 1. The van der Waals surface area contributed by atoms with Crippen LogP contribution in [0.4, 0.5) is 0 Å². The number of hydrogen-bond acceptors (Lipinski definition) is 4. The van der Waals surface area contributed by atoms with Crippen LogP contribution in [0.3, 0.4) is 0 Å². The van der Waals surface area contributed by atoms with E-state index in [0.717, 1.165) is 28.3 Å². The largest absolute Gasteiger partial charge is 0.310 e. The summed E-state index contributed by atoms with van der Waals surface area (Å²) in [6.07, 6.45) is 1.05. The molecular formula is C14H16BrClN4O. The molecule has 0 aliphatic carbocycles. The molecule has 2 fully saturated rings. The lowest BCUT2D eigenvalue weighted by molar-refractivity contribution is 0.0811. The molecule has 0 spiro atoms. The Morgan fingerprint density at radius 2 is 2.29 bits per heavy atom. The molecule has 4 rings (SSSR count). The molecule has 2 bridgehead atoms. The van der Waals surface area contributed by atoms with E-state index in [-0.39, 0.29) is 30.3 Å². The van der Waals surface area contributed by atoms with Crippen molar-refractivity contribution in [2.75, 3.05) is 13.6 Å². The van der Waals surface area contributed by atoms with Crippen molar-refractivity contribution >= 4 is 45.0 Å². The fourth-order valence-electron chi connectivity index (χ4n) is 3.49. The average Bonchev–Trinajstić information content (AvgIpc) is 3.10. The molecule has 2 aromatic rings. The maximum atomic E-state index is 12.9. The van der Waals surface area contributed by atoms with Gasteiger partial charge in [-0.2, -0.15) is 5.10 Å². The van der Waals surface area contributed by atoms with Gasteiger partial charge in [-0.1, -0.05) is 15.9 Å². The van der Waals surface area contributed by atoms with Crippen molar-refractivity contribution in [3.63, 3.8) is 0 Å². The van der Waals surface area contributed by atoms with Gasteiger partial charge >= 0.3 is 0 Å². The highest BCUT2D eigenvalue weighted by molar-refractivity contribution is 9.10. The summed E-state index contributed by atoms with van der Waals surface area (Å²) in [6.45, 7) is 0.984. The molecule has 21 heavy (non-hydrogen) atoms. The summed E-state index contributed by atoms with van der Waals surface area (Å²) in [6, 6.07) is 6.47. The number of hydrogen-bond donors (Lipinski definition) is 2. The second kappa shape index (κ2) is 5.35. The zero-order valence-electron chi connectivity index (χ0n) is 11.5. The molecule has 1 aromatic heterocycles. The van der Waals surface area contributed by atoms with Crippen molar-refractivity contribution in [3.05, 3.63) is 28.4 Å². The first-order valence-corrected chi connectivity index (χ1v) is 7.57. The van der Waals surface area contributed by atoms with Crippen molar-refractivity contribution in [1.82, 2.24) is 20.4 Å². The van der Waals surface area contributed by atoms with Gasteiger partial charge in [0.25, 0.3) is 0 Å². The molecule has 1 aromatic carbocycles. The lowest BCUT2D eigenvalue weighted by Crippen LogP contribution is -2.53. The van der Waals surface area contributed by atoms with Crippen LogP contribution >= 0.6 is 28.3 Å². The number of aromatic amines is 1. The van der Waals surface area contributed by atoms with Gasteiger partial charge in [0.1, 0.15) is 5.69 Å². The quantitative estimate of drug-likeness (QED) is 0.793. The number of likely N-dealkylation sites (tertiary alicyclic amines) is 1. The zero-order valence-corrected chi connectivity index (χ0v) is 13.9. The summed E-state index contributed by atoms with van der Waals surface area (Å²) in [7, 11) is 2.04. The molecule has 5 nitrogen and oxygen atoms in total. The number of aromatic nitrogens is 2. The van der Waals surface area contributed by atoms with Crippen LogP contribution in [0, 0.1) is 0 Å². The van der Waals surface area contributed by atoms with Gasteiger partial charge in [0.2, 0.25) is 5.78 Å². The van der Waals surface area contributed by atoms with Crippen LogP contribution in [-0.4, -0.2) is 52.6 Å². The first-order valence-electron chi connectivity index (χ1n) is 6.78. The predicted molar refractivity (Wildman–Crippen MR) is 87.1 cm³/mol. The summed E-state index contributed by atoms with van der Waals surface area (Å²) >= 11 is 3.45. The molecule has 0 radical (unpaired) electrons. The molecule has 3 atom stereocenters. The minimum absolute atomic E-state index is 0. The fourth-order valence-corrected chi connectivity index (χ4v) is 3.85. The Kier molecular flexibility index (Phi) is 3.81. The van der Waals surface area contributed by atoms with E-state index in [2.05, 4.69) is 36.3 Å². The number of piperazine rings is 1. The van der Waals surface area contributed by atoms with E-state index in [1.54, 1.807) is 0 Å². The summed E-state index contributed by atoms with van der Waals surface area (Å²) in [5.74, 6) is 0.108. The van der Waals surface area contributed by atoms with Gasteiger partial charge in [-0.3, -0.25) is 14.8 Å². The molecule has 2 aliphatic heterocycles. The number of halogens is 2. The third-order valence-corrected chi connectivity index (χ3v) is 5.06. The minimum Gasteiger partial charge on any atom is -0.310 e. The van der Waals surface area contributed by atoms with Crippen LogP contribution in [-0.2, 0) is 0 Å². The lowest BCUT2D eigenvalue weighted by Gasteiger charge is -2.30. The lowest BCUT2D eigenvalue weighted by atomic mass is 10.0. The van der Waals surface area contributed by atoms with Crippen molar-refractivity contribution in [1.29, 1.82) is 0 Å². The van der Waals surface area contributed by atoms with Crippen molar-refractivity contribution < 1.29 is 4.79 Å². The van der Waals surface area contributed by atoms with E-state index in [1.807, 2.05) is 25.2 Å². The van der Waals surface area contributed by atoms with E-state index in [1.165, 1.54) is 0 Å². The van der Waals surface area contributed by atoms with Gasteiger partial charge in [0.15, 0.2) is 0 Å². The Hall–Kier alpha value is -0.950. The molecule has 1 unspecified atom stereocenters. The average molecular weight is 372 g/mol. The minimum atomic E-state index is -0.0979. The van der Waals surface area contributed by atoms with Crippen LogP contribution in [0.5, 0.6) is 0 Å². The SMILES string of the molecule is CN1C(C(=O)c2n[nH]c3ccc(Br)cc23)[C@H]2C[C@H]1CN2.Cl. The van der Waals surface area contributed by atoms with E-state index < -0.39 is 0 Å². The van der Waals surface area contributed by atoms with E-state index in [4.69, 9.17) is 0 Å². The van der Waals surface area contributed by atoms with E-state index in [9.17, 15) is 4.79 Å². The molecule has 0 amide bonds. The highest BCUT2D eigenvalue weighted by atomic mass is 79.9. The van der Waals surface area contributed by atoms with Crippen molar-refractivity contribution in [2.45, 2.75) is 24.5 Å². The number of carbonyl (C=O) groups is 1. The Balaban J connectivity index is 0.00000132. The zero-order chi connectivity index (χ0) is 13.9. The number of benzene rings is 1. The number of rotatable bonds is 2. The van der Waals surface area contributed by atoms with Crippen LogP contribution < -0.4 is 5.32 Å². The molecule has 0 saturated carbocycles. The van der Waals surface area contributed by atoms with E-state index >= 15 is 0 Å². The molecule has 7 heteroatoms. The van der Waals surface area contributed by atoms with Gasteiger partial charge in [0, 0.05) is 28.5 Å². The van der Waals surface area contributed by atoms with Crippen LogP contribution in [0.25, 0.3) is 10.9 Å². The maximum Gasteiger partial charge on any atom is 0.202 e. The number of carbonyl (C=O) groups excluding carboxylic acids is 1. The fraction of sp³-hybridized carbons (Fsp3) is 0.429. The predicted octanol–water partition coefficient (Wildman–Crippen LogP) is 1.97. The second-order valence-corrected chi connectivity index (χ2v) is 6.56. The molecule has 3 heterocycles. The van der Waals surface area contributed by atoms with Gasteiger partial charge in [-0.15, -0.1) is 12.4 Å². The number of nitrogens with one attached hydrogen (secondary N) is 2. The van der Waals surface area contributed by atoms with Crippen LogP contribution in [0.1, 0.15) is 16.9 Å². The summed E-state index contributed by atoms with van der Waals surface area (Å²) in [4.78, 5) is 15.1. The first-order chi connectivity index (χ1) is 9.65. The van der Waals surface area contributed by atoms with Crippen molar-refractivity contribution in [3.8, 4) is 0 Å². The first kappa shape index (κ1) is 15.0. The molecule has 2 aliphatic rings. The molecule has 2 N–H and O–H groups in total. The summed E-state index contributed by atoms with van der Waals surface area (Å²) < 4.78 is 0.958. The summed E-state index contributed by atoms with van der Waals surface area (Å²) in [5, 5.41) is 11.5. The Morgan fingerprint density at radius 1 is 1.48 bits per heavy atom. The number of Topliss-reactive ketones (excluding diaryl/α,β-unsaturated/α-hetero) is 1.